The highest BCUT2D eigenvalue weighted by Gasteiger charge is 2.19. The van der Waals surface area contributed by atoms with Crippen molar-refractivity contribution in [1.82, 2.24) is 14.9 Å². The molecule has 0 bridgehead atoms. The van der Waals surface area contributed by atoms with Crippen molar-refractivity contribution in [2.45, 2.75) is 25.4 Å². The largest absolute Gasteiger partial charge is 0.348 e. The van der Waals surface area contributed by atoms with Gasteiger partial charge >= 0.3 is 11.4 Å². The summed E-state index contributed by atoms with van der Waals surface area (Å²) in [5.74, 6) is 0. The van der Waals surface area contributed by atoms with Gasteiger partial charge in [-0.05, 0) is 12.8 Å². The number of aromatic nitrogens is 2. The molecule has 16 heavy (non-hydrogen) atoms. The molecule has 0 saturated heterocycles. The summed E-state index contributed by atoms with van der Waals surface area (Å²) in [6.45, 7) is 1.04. The smallest absolute Gasteiger partial charge is 0.312 e. The number of hydrogen-bond donors (Lipinski definition) is 1. The Labute approximate surface area is 91.3 Å². The highest BCUT2D eigenvalue weighted by molar-refractivity contribution is 5.20. The van der Waals surface area contributed by atoms with Crippen LogP contribution >= 0.6 is 0 Å². The molecule has 1 saturated carbocycles. The van der Waals surface area contributed by atoms with Gasteiger partial charge in [-0.25, -0.2) is 4.79 Å². The summed E-state index contributed by atoms with van der Waals surface area (Å²) in [6, 6.07) is 0.558. The van der Waals surface area contributed by atoms with E-state index < -0.39 is 10.6 Å². The van der Waals surface area contributed by atoms with Crippen molar-refractivity contribution < 1.29 is 4.92 Å². The summed E-state index contributed by atoms with van der Waals surface area (Å²) in [4.78, 5) is 24.7. The van der Waals surface area contributed by atoms with E-state index in [1.54, 1.807) is 0 Å². The van der Waals surface area contributed by atoms with Gasteiger partial charge in [-0.1, -0.05) is 0 Å². The molecular weight excluding hydrogens is 212 g/mol. The van der Waals surface area contributed by atoms with E-state index in [0.29, 0.717) is 19.1 Å². The Morgan fingerprint density at radius 3 is 3.00 bits per heavy atom. The topological polar surface area (TPSA) is 90.1 Å². The fourth-order valence-electron chi connectivity index (χ4n) is 1.37. The van der Waals surface area contributed by atoms with Gasteiger partial charge in [0, 0.05) is 19.1 Å². The molecule has 0 amide bonds. The average molecular weight is 224 g/mol. The zero-order chi connectivity index (χ0) is 11.5. The third kappa shape index (κ3) is 2.63. The summed E-state index contributed by atoms with van der Waals surface area (Å²) < 4.78 is 1.26. The maximum Gasteiger partial charge on any atom is 0.348 e. The Morgan fingerprint density at radius 1 is 1.62 bits per heavy atom. The van der Waals surface area contributed by atoms with Crippen LogP contribution in [0.5, 0.6) is 0 Å². The van der Waals surface area contributed by atoms with Crippen LogP contribution in [-0.2, 0) is 6.54 Å². The predicted octanol–water partition coefficient (Wildman–Crippen LogP) is -0.0965. The van der Waals surface area contributed by atoms with E-state index in [2.05, 4.69) is 10.3 Å². The van der Waals surface area contributed by atoms with Crippen molar-refractivity contribution in [3.05, 3.63) is 33.0 Å². The predicted molar refractivity (Wildman–Crippen MR) is 56.2 cm³/mol. The number of nitro groups is 1. The van der Waals surface area contributed by atoms with Gasteiger partial charge < -0.3 is 5.32 Å². The molecule has 1 aromatic rings. The van der Waals surface area contributed by atoms with Crippen LogP contribution in [0, 0.1) is 10.1 Å². The Morgan fingerprint density at radius 2 is 2.38 bits per heavy atom. The zero-order valence-corrected chi connectivity index (χ0v) is 8.63. The standard InChI is InChI=1S/C9H12N4O3/c14-9-11-5-8(13(15)16)6-12(9)4-3-10-7-1-2-7/h5-7,10H,1-4H2. The molecule has 0 radical (unpaired) electrons. The van der Waals surface area contributed by atoms with Gasteiger partial charge in [0.05, 0.1) is 11.1 Å². The van der Waals surface area contributed by atoms with Crippen molar-refractivity contribution in [2.24, 2.45) is 0 Å². The van der Waals surface area contributed by atoms with Crippen LogP contribution < -0.4 is 11.0 Å². The third-order valence-electron chi connectivity index (χ3n) is 2.41. The number of nitrogens with one attached hydrogen (secondary N) is 1. The first-order chi connectivity index (χ1) is 7.66. The van der Waals surface area contributed by atoms with Gasteiger partial charge in [-0.3, -0.25) is 14.7 Å². The van der Waals surface area contributed by atoms with E-state index in [1.165, 1.54) is 23.6 Å². The first-order valence-corrected chi connectivity index (χ1v) is 5.11. The Hall–Kier alpha value is -1.76. The summed E-state index contributed by atoms with van der Waals surface area (Å²) in [5, 5.41) is 13.7. The van der Waals surface area contributed by atoms with Crippen LogP contribution in [0.1, 0.15) is 12.8 Å². The van der Waals surface area contributed by atoms with Crippen LogP contribution in [0.15, 0.2) is 17.2 Å². The van der Waals surface area contributed by atoms with Crippen molar-refractivity contribution in [3.63, 3.8) is 0 Å². The normalized spacial score (nSPS) is 15.0. The van der Waals surface area contributed by atoms with E-state index in [9.17, 15) is 14.9 Å². The Bertz CT molecular complexity index is 452. The summed E-state index contributed by atoms with van der Waals surface area (Å²) in [5.41, 5.74) is -0.616. The van der Waals surface area contributed by atoms with Crippen molar-refractivity contribution in [2.75, 3.05) is 6.54 Å². The third-order valence-corrected chi connectivity index (χ3v) is 2.41. The Balaban J connectivity index is 2.02. The molecule has 2 rings (SSSR count). The molecule has 0 spiro atoms. The molecule has 7 nitrogen and oxygen atoms in total. The minimum Gasteiger partial charge on any atom is -0.312 e. The van der Waals surface area contributed by atoms with E-state index in [-0.39, 0.29) is 5.69 Å². The lowest BCUT2D eigenvalue weighted by atomic mass is 10.5. The lowest BCUT2D eigenvalue weighted by molar-refractivity contribution is -0.385. The highest BCUT2D eigenvalue weighted by atomic mass is 16.6. The van der Waals surface area contributed by atoms with Gasteiger partial charge in [0.1, 0.15) is 6.20 Å². The van der Waals surface area contributed by atoms with Crippen LogP contribution in [-0.4, -0.2) is 27.1 Å². The summed E-state index contributed by atoms with van der Waals surface area (Å²) in [6.07, 6.45) is 4.54. The fourth-order valence-corrected chi connectivity index (χ4v) is 1.37. The van der Waals surface area contributed by atoms with Gasteiger partial charge in [0.15, 0.2) is 0 Å². The number of hydrogen-bond acceptors (Lipinski definition) is 5. The molecule has 1 aliphatic carbocycles. The zero-order valence-electron chi connectivity index (χ0n) is 8.63. The number of rotatable bonds is 5. The van der Waals surface area contributed by atoms with Crippen molar-refractivity contribution in [1.29, 1.82) is 0 Å². The molecule has 1 fully saturated rings. The van der Waals surface area contributed by atoms with Gasteiger partial charge in [0.25, 0.3) is 0 Å². The molecule has 86 valence electrons. The van der Waals surface area contributed by atoms with Crippen molar-refractivity contribution >= 4 is 5.69 Å². The van der Waals surface area contributed by atoms with Crippen molar-refractivity contribution in [3.8, 4) is 0 Å². The first kappa shape index (κ1) is 10.7. The molecule has 1 heterocycles. The maximum absolute atomic E-state index is 11.3. The second kappa shape index (κ2) is 4.40. The monoisotopic (exact) mass is 224 g/mol. The molecule has 0 aliphatic heterocycles. The molecule has 1 N–H and O–H groups in total. The van der Waals surface area contributed by atoms with Gasteiger partial charge in [0.2, 0.25) is 0 Å². The minimum absolute atomic E-state index is 0.161. The lowest BCUT2D eigenvalue weighted by Gasteiger charge is -2.04. The first-order valence-electron chi connectivity index (χ1n) is 5.11. The molecular formula is C9H12N4O3. The average Bonchev–Trinajstić information content (AvgIpc) is 3.04. The lowest BCUT2D eigenvalue weighted by Crippen LogP contribution is -2.29. The van der Waals surface area contributed by atoms with E-state index in [4.69, 9.17) is 0 Å². The summed E-state index contributed by atoms with van der Waals surface area (Å²) >= 11 is 0. The second-order valence-corrected chi connectivity index (χ2v) is 3.77. The molecule has 0 aromatic carbocycles. The summed E-state index contributed by atoms with van der Waals surface area (Å²) in [7, 11) is 0. The minimum atomic E-state index is -0.558. The SMILES string of the molecule is O=c1ncc([N+](=O)[O-])cn1CCNC1CC1. The van der Waals surface area contributed by atoms with Crippen LogP contribution in [0.25, 0.3) is 0 Å². The second-order valence-electron chi connectivity index (χ2n) is 3.77. The van der Waals surface area contributed by atoms with E-state index >= 15 is 0 Å². The molecule has 7 heteroatoms. The molecule has 1 aromatic heterocycles. The van der Waals surface area contributed by atoms with Gasteiger partial charge in [-0.2, -0.15) is 4.98 Å². The van der Waals surface area contributed by atoms with Gasteiger partial charge in [-0.15, -0.1) is 0 Å². The molecule has 0 unspecified atom stereocenters. The van der Waals surface area contributed by atoms with Crippen LogP contribution in [0.3, 0.4) is 0 Å². The van der Waals surface area contributed by atoms with E-state index in [1.807, 2.05) is 0 Å². The van der Waals surface area contributed by atoms with E-state index in [0.717, 1.165) is 6.20 Å². The van der Waals surface area contributed by atoms with Crippen LogP contribution in [0.4, 0.5) is 5.69 Å². The number of nitrogens with zero attached hydrogens (tertiary/aromatic N) is 3. The maximum atomic E-state index is 11.3. The Kier molecular flexibility index (Phi) is 2.95. The fraction of sp³-hybridized carbons (Fsp3) is 0.556. The molecule has 0 atom stereocenters. The quantitative estimate of drug-likeness (QED) is 0.557. The molecule has 1 aliphatic rings. The highest BCUT2D eigenvalue weighted by Crippen LogP contribution is 2.18. The van der Waals surface area contributed by atoms with Crippen LogP contribution in [0.2, 0.25) is 0 Å².